The molecule has 0 bridgehead atoms. The minimum Gasteiger partial charge on any atom is -0.489 e. The smallest absolute Gasteiger partial charge is 0.339 e. The molecule has 1 fully saturated rings. The normalized spacial score (nSPS) is 18.4. The third-order valence-corrected chi connectivity index (χ3v) is 5.96. The van der Waals surface area contributed by atoms with Crippen molar-refractivity contribution in [1.82, 2.24) is 4.31 Å². The molecule has 0 aliphatic carbocycles. The maximum atomic E-state index is 13.2. The van der Waals surface area contributed by atoms with Crippen LogP contribution < -0.4 is 10.4 Å². The molecule has 1 atom stereocenters. The van der Waals surface area contributed by atoms with Gasteiger partial charge in [0.05, 0.1) is 22.5 Å². The Hall–Kier alpha value is -1.90. The zero-order valence-corrected chi connectivity index (χ0v) is 14.8. The number of hydrogen-bond acceptors (Lipinski definition) is 5. The largest absolute Gasteiger partial charge is 0.489 e. The van der Waals surface area contributed by atoms with Crippen LogP contribution in [-0.4, -0.2) is 31.9 Å². The van der Waals surface area contributed by atoms with Crippen molar-refractivity contribution in [2.75, 3.05) is 13.1 Å². The van der Waals surface area contributed by atoms with Gasteiger partial charge in [-0.2, -0.15) is 4.31 Å². The van der Waals surface area contributed by atoms with Crippen molar-refractivity contribution in [3.8, 4) is 5.75 Å². The van der Waals surface area contributed by atoms with Crippen molar-refractivity contribution in [3.05, 3.63) is 57.4 Å². The first-order valence-corrected chi connectivity index (χ1v) is 9.31. The molecule has 0 radical (unpaired) electrons. The molecule has 2 heterocycles. The molecule has 0 N–H and O–H groups in total. The zero-order valence-electron chi connectivity index (χ0n) is 13.2. The summed E-state index contributed by atoms with van der Waals surface area (Å²) in [4.78, 5) is 11.3. The van der Waals surface area contributed by atoms with Gasteiger partial charge >= 0.3 is 5.63 Å². The molecule has 6 nitrogen and oxygen atoms in total. The Bertz CT molecular complexity index is 959. The lowest BCUT2D eigenvalue weighted by atomic mass is 10.3. The fraction of sp³-hybridized carbons (Fsp3) is 0.312. The highest BCUT2D eigenvalue weighted by molar-refractivity contribution is 7.89. The van der Waals surface area contributed by atoms with Crippen molar-refractivity contribution < 1.29 is 22.0 Å². The van der Waals surface area contributed by atoms with Gasteiger partial charge in [0.15, 0.2) is 0 Å². The fourth-order valence-corrected chi connectivity index (χ4v) is 4.39. The highest BCUT2D eigenvalue weighted by Gasteiger charge is 2.34. The predicted octanol–water partition coefficient (Wildman–Crippen LogP) is 2.58. The first-order chi connectivity index (χ1) is 11.8. The summed E-state index contributed by atoms with van der Waals surface area (Å²) >= 11 is 5.67. The fourth-order valence-electron chi connectivity index (χ4n) is 2.63. The number of rotatable bonds is 4. The second-order valence-corrected chi connectivity index (χ2v) is 8.04. The molecular weight excluding hydrogens is 373 g/mol. The van der Waals surface area contributed by atoms with Crippen LogP contribution in [0.25, 0.3) is 0 Å². The summed E-state index contributed by atoms with van der Waals surface area (Å²) in [5.41, 5.74) is -0.529. The molecule has 2 aromatic rings. The molecular formula is C16H15ClFNO5S. The van der Waals surface area contributed by atoms with Crippen LogP contribution in [0.2, 0.25) is 5.02 Å². The van der Waals surface area contributed by atoms with E-state index in [1.807, 2.05) is 0 Å². The molecule has 9 heteroatoms. The molecule has 1 aliphatic heterocycles. The first-order valence-electron chi connectivity index (χ1n) is 7.49. The molecule has 3 rings (SSSR count). The van der Waals surface area contributed by atoms with E-state index in [2.05, 4.69) is 0 Å². The van der Waals surface area contributed by atoms with E-state index in [0.717, 1.165) is 12.1 Å². The minimum absolute atomic E-state index is 0.0734. The lowest BCUT2D eigenvalue weighted by Crippen LogP contribution is -2.31. The summed E-state index contributed by atoms with van der Waals surface area (Å²) in [5, 5.41) is -0.250. The van der Waals surface area contributed by atoms with E-state index in [4.69, 9.17) is 20.8 Å². The van der Waals surface area contributed by atoms with E-state index in [0.29, 0.717) is 17.9 Å². The number of nitrogens with zero attached hydrogens (tertiary/aromatic N) is 1. The Morgan fingerprint density at radius 2 is 2.08 bits per heavy atom. The Morgan fingerprint density at radius 3 is 2.76 bits per heavy atom. The molecule has 1 aliphatic rings. The van der Waals surface area contributed by atoms with E-state index >= 15 is 0 Å². The van der Waals surface area contributed by atoms with Crippen LogP contribution in [0, 0.1) is 12.7 Å². The highest BCUT2D eigenvalue weighted by atomic mass is 35.5. The van der Waals surface area contributed by atoms with Gasteiger partial charge < -0.3 is 9.15 Å². The van der Waals surface area contributed by atoms with Gasteiger partial charge in [0.2, 0.25) is 10.0 Å². The van der Waals surface area contributed by atoms with Crippen molar-refractivity contribution in [2.24, 2.45) is 0 Å². The lowest BCUT2D eigenvalue weighted by molar-refractivity contribution is 0.213. The van der Waals surface area contributed by atoms with Crippen LogP contribution in [0.1, 0.15) is 12.2 Å². The molecule has 25 heavy (non-hydrogen) atoms. The van der Waals surface area contributed by atoms with Gasteiger partial charge in [0.25, 0.3) is 0 Å². The summed E-state index contributed by atoms with van der Waals surface area (Å²) in [6.45, 7) is 2.00. The second kappa shape index (κ2) is 6.78. The highest BCUT2D eigenvalue weighted by Crippen LogP contribution is 2.26. The molecule has 1 saturated heterocycles. The van der Waals surface area contributed by atoms with Gasteiger partial charge in [-0.25, -0.2) is 17.6 Å². The standard InChI is InChI=1S/C16H15ClFNO5S/c1-10-6-12(7-16(20)23-10)24-11-4-5-19(9-11)25(21,22)13-2-3-15(18)14(17)8-13/h2-3,6-8,11H,4-5,9H2,1H3. The Labute approximate surface area is 148 Å². The molecule has 1 unspecified atom stereocenters. The predicted molar refractivity (Wildman–Crippen MR) is 88.9 cm³/mol. The molecule has 134 valence electrons. The van der Waals surface area contributed by atoms with Crippen LogP contribution in [0.3, 0.4) is 0 Å². The Morgan fingerprint density at radius 1 is 1.32 bits per heavy atom. The SMILES string of the molecule is Cc1cc(OC2CCN(S(=O)(=O)c3ccc(F)c(Cl)c3)C2)cc(=O)o1. The van der Waals surface area contributed by atoms with Gasteiger partial charge in [-0.05, 0) is 31.5 Å². The van der Waals surface area contributed by atoms with Gasteiger partial charge in [0.1, 0.15) is 23.4 Å². The Kier molecular flexibility index (Phi) is 4.86. The third kappa shape index (κ3) is 3.86. The lowest BCUT2D eigenvalue weighted by Gasteiger charge is -2.17. The zero-order chi connectivity index (χ0) is 18.2. The van der Waals surface area contributed by atoms with Gasteiger partial charge in [-0.1, -0.05) is 11.6 Å². The molecule has 0 saturated carbocycles. The van der Waals surface area contributed by atoms with Crippen LogP contribution in [0.15, 0.2) is 44.4 Å². The second-order valence-electron chi connectivity index (χ2n) is 5.69. The summed E-state index contributed by atoms with van der Waals surface area (Å²) < 4.78 is 50.3. The maximum Gasteiger partial charge on any atom is 0.339 e. The summed E-state index contributed by atoms with van der Waals surface area (Å²) in [7, 11) is -3.80. The summed E-state index contributed by atoms with van der Waals surface area (Å²) in [6.07, 6.45) is 0.0693. The van der Waals surface area contributed by atoms with E-state index in [-0.39, 0.29) is 23.0 Å². The van der Waals surface area contributed by atoms with Crippen molar-refractivity contribution in [3.63, 3.8) is 0 Å². The van der Waals surface area contributed by atoms with Crippen LogP contribution in [0.5, 0.6) is 5.75 Å². The number of ether oxygens (including phenoxy) is 1. The number of aryl methyl sites for hydroxylation is 1. The molecule has 0 spiro atoms. The topological polar surface area (TPSA) is 76.8 Å². The molecule has 1 aromatic heterocycles. The van der Waals surface area contributed by atoms with E-state index in [1.54, 1.807) is 13.0 Å². The van der Waals surface area contributed by atoms with Crippen molar-refractivity contribution >= 4 is 21.6 Å². The Balaban J connectivity index is 1.75. The average molecular weight is 388 g/mol. The first kappa shape index (κ1) is 17.9. The van der Waals surface area contributed by atoms with Crippen LogP contribution >= 0.6 is 11.6 Å². The average Bonchev–Trinajstić information content (AvgIpc) is 2.98. The minimum atomic E-state index is -3.80. The summed E-state index contributed by atoms with van der Waals surface area (Å²) in [6, 6.07) is 6.07. The molecule has 1 aromatic carbocycles. The number of sulfonamides is 1. The van der Waals surface area contributed by atoms with Gasteiger partial charge in [-0.15, -0.1) is 0 Å². The summed E-state index contributed by atoms with van der Waals surface area (Å²) in [5.74, 6) is 0.0651. The number of benzene rings is 1. The monoisotopic (exact) mass is 387 g/mol. The third-order valence-electron chi connectivity index (χ3n) is 3.81. The molecule has 0 amide bonds. The quantitative estimate of drug-likeness (QED) is 0.805. The van der Waals surface area contributed by atoms with Crippen LogP contribution in [0.4, 0.5) is 4.39 Å². The van der Waals surface area contributed by atoms with Gasteiger partial charge in [0, 0.05) is 12.6 Å². The van der Waals surface area contributed by atoms with Gasteiger partial charge in [-0.3, -0.25) is 0 Å². The van der Waals surface area contributed by atoms with Crippen molar-refractivity contribution in [2.45, 2.75) is 24.3 Å². The number of hydrogen-bond donors (Lipinski definition) is 0. The van der Waals surface area contributed by atoms with Crippen LogP contribution in [-0.2, 0) is 10.0 Å². The van der Waals surface area contributed by atoms with Crippen molar-refractivity contribution in [1.29, 1.82) is 0 Å². The van der Waals surface area contributed by atoms with E-state index in [1.165, 1.54) is 16.4 Å². The number of halogens is 2. The van der Waals surface area contributed by atoms with E-state index in [9.17, 15) is 17.6 Å². The maximum absolute atomic E-state index is 13.2. The van der Waals surface area contributed by atoms with E-state index < -0.39 is 27.6 Å².